The maximum absolute atomic E-state index is 13.1. The van der Waals surface area contributed by atoms with E-state index < -0.39 is 9.84 Å². The number of carbonyl (C=O) groups excluding carboxylic acids is 1. The van der Waals surface area contributed by atoms with Gasteiger partial charge in [-0.1, -0.05) is 17.4 Å². The average molecular weight is 526 g/mol. The van der Waals surface area contributed by atoms with Crippen molar-refractivity contribution in [1.82, 2.24) is 9.88 Å². The van der Waals surface area contributed by atoms with E-state index in [0.29, 0.717) is 39.9 Å². The van der Waals surface area contributed by atoms with Crippen LogP contribution in [0.4, 0.5) is 5.13 Å². The first-order valence-electron chi connectivity index (χ1n) is 10.1. The van der Waals surface area contributed by atoms with Gasteiger partial charge in [-0.2, -0.15) is 0 Å². The molecule has 0 spiro atoms. The molecule has 0 atom stereocenters. The second kappa shape index (κ2) is 11.7. The van der Waals surface area contributed by atoms with Crippen molar-refractivity contribution in [3.8, 4) is 11.5 Å². The van der Waals surface area contributed by atoms with E-state index in [9.17, 15) is 13.2 Å². The van der Waals surface area contributed by atoms with E-state index in [-0.39, 0.29) is 23.2 Å². The Bertz CT molecular complexity index is 1290. The molecule has 0 fully saturated rings. The molecule has 184 valence electrons. The summed E-state index contributed by atoms with van der Waals surface area (Å²) in [6, 6.07) is 10.2. The van der Waals surface area contributed by atoms with Crippen LogP contribution in [-0.2, 0) is 14.6 Å². The van der Waals surface area contributed by atoms with Crippen LogP contribution >= 0.6 is 23.7 Å². The highest BCUT2D eigenvalue weighted by Crippen LogP contribution is 2.31. The van der Waals surface area contributed by atoms with Gasteiger partial charge in [0.2, 0.25) is 0 Å². The first-order chi connectivity index (χ1) is 15.6. The number of anilines is 1. The largest absolute Gasteiger partial charge is 0.493 e. The number of nitrogens with zero attached hydrogens (tertiary/aromatic N) is 3. The van der Waals surface area contributed by atoms with Crippen molar-refractivity contribution in [2.75, 3.05) is 52.6 Å². The van der Waals surface area contributed by atoms with Gasteiger partial charge in [0, 0.05) is 25.4 Å². The van der Waals surface area contributed by atoms with Crippen LogP contribution in [0.5, 0.6) is 11.5 Å². The number of fused-ring (bicyclic) bond motifs is 1. The van der Waals surface area contributed by atoms with Crippen LogP contribution in [0.3, 0.4) is 0 Å². The highest BCUT2D eigenvalue weighted by molar-refractivity contribution is 7.90. The molecule has 0 N–H and O–H groups in total. The van der Waals surface area contributed by atoms with Crippen molar-refractivity contribution < 1.29 is 22.7 Å². The molecule has 0 aliphatic carbocycles. The highest BCUT2D eigenvalue weighted by Gasteiger charge is 2.19. The molecule has 1 heterocycles. The number of halogens is 1. The molecule has 8 nitrogen and oxygen atoms in total. The average Bonchev–Trinajstić information content (AvgIpc) is 3.19. The number of amides is 1. The van der Waals surface area contributed by atoms with Crippen LogP contribution in [0.25, 0.3) is 16.3 Å². The maximum atomic E-state index is 13.1. The molecule has 1 amide bonds. The fraction of sp³-hybridized carbons (Fsp3) is 0.304. The zero-order chi connectivity index (χ0) is 24.2. The molecule has 34 heavy (non-hydrogen) atoms. The van der Waals surface area contributed by atoms with Gasteiger partial charge in [-0.25, -0.2) is 13.4 Å². The molecule has 11 heteroatoms. The highest BCUT2D eigenvalue weighted by atomic mass is 35.5. The van der Waals surface area contributed by atoms with Gasteiger partial charge in [-0.15, -0.1) is 12.4 Å². The van der Waals surface area contributed by atoms with Gasteiger partial charge in [0.15, 0.2) is 26.5 Å². The number of ether oxygens (including phenoxy) is 2. The SMILES string of the molecule is COc1ccc(C=CC(=O)N(CCN(C)C)c2nc3ccc(S(C)(=O)=O)cc3s2)cc1OC.Cl. The molecule has 0 bridgehead atoms. The van der Waals surface area contributed by atoms with Gasteiger partial charge in [0.1, 0.15) is 0 Å². The summed E-state index contributed by atoms with van der Waals surface area (Å²) in [6.45, 7) is 1.07. The Morgan fingerprint density at radius 2 is 1.76 bits per heavy atom. The smallest absolute Gasteiger partial charge is 0.252 e. The Hall–Kier alpha value is -2.66. The van der Waals surface area contributed by atoms with E-state index in [4.69, 9.17) is 9.47 Å². The van der Waals surface area contributed by atoms with E-state index in [1.54, 1.807) is 49.5 Å². The minimum atomic E-state index is -3.33. The predicted molar refractivity (Wildman–Crippen MR) is 139 cm³/mol. The van der Waals surface area contributed by atoms with Crippen LogP contribution in [-0.4, -0.2) is 71.9 Å². The standard InChI is InChI=1S/C23H27N3O5S2.ClH/c1-25(2)12-13-26(22(27)11-7-16-6-10-19(30-3)20(14-16)31-4)23-24-18-9-8-17(33(5,28)29)15-21(18)32-23;/h6-11,14-15H,12-13H2,1-5H3;1H. The fourth-order valence-electron chi connectivity index (χ4n) is 3.05. The number of rotatable bonds is 9. The van der Waals surface area contributed by atoms with Gasteiger partial charge in [0.25, 0.3) is 5.91 Å². The summed E-state index contributed by atoms with van der Waals surface area (Å²) < 4.78 is 35.1. The van der Waals surface area contributed by atoms with Crippen molar-refractivity contribution >= 4 is 60.9 Å². The van der Waals surface area contributed by atoms with Crippen molar-refractivity contribution in [3.05, 3.63) is 48.0 Å². The Morgan fingerprint density at radius 1 is 1.06 bits per heavy atom. The molecule has 2 aromatic carbocycles. The molecular formula is C23H28ClN3O5S2. The summed E-state index contributed by atoms with van der Waals surface area (Å²) in [5, 5.41) is 0.513. The second-order valence-corrected chi connectivity index (χ2v) is 10.7. The topological polar surface area (TPSA) is 89.0 Å². The van der Waals surface area contributed by atoms with Gasteiger partial charge < -0.3 is 14.4 Å². The lowest BCUT2D eigenvalue weighted by atomic mass is 10.2. The van der Waals surface area contributed by atoms with E-state index in [0.717, 1.165) is 5.56 Å². The van der Waals surface area contributed by atoms with Gasteiger partial charge in [-0.05, 0) is 56.1 Å². The summed E-state index contributed by atoms with van der Waals surface area (Å²) in [7, 11) is 3.65. The molecule has 1 aromatic heterocycles. The molecule has 0 aliphatic heterocycles. The number of sulfone groups is 1. The van der Waals surface area contributed by atoms with E-state index in [1.807, 2.05) is 25.1 Å². The molecule has 0 saturated heterocycles. The summed E-state index contributed by atoms with van der Waals surface area (Å²) in [6.07, 6.45) is 4.37. The zero-order valence-corrected chi connectivity index (χ0v) is 22.1. The Balaban J connectivity index is 0.00000408. The summed E-state index contributed by atoms with van der Waals surface area (Å²) in [4.78, 5) is 21.5. The van der Waals surface area contributed by atoms with Crippen molar-refractivity contribution in [1.29, 1.82) is 0 Å². The number of carbonyl (C=O) groups is 1. The number of benzene rings is 2. The minimum absolute atomic E-state index is 0. The number of likely N-dealkylation sites (N-methyl/N-ethyl adjacent to an activating group) is 1. The molecule has 0 aliphatic rings. The molecule has 0 unspecified atom stereocenters. The van der Waals surface area contributed by atoms with Crippen LogP contribution in [0.15, 0.2) is 47.4 Å². The molecule has 3 rings (SSSR count). The van der Waals surface area contributed by atoms with E-state index in [1.165, 1.54) is 29.7 Å². The lowest BCUT2D eigenvalue weighted by Crippen LogP contribution is -2.35. The zero-order valence-electron chi connectivity index (χ0n) is 19.6. The van der Waals surface area contributed by atoms with Crippen molar-refractivity contribution in [2.24, 2.45) is 0 Å². The van der Waals surface area contributed by atoms with E-state index >= 15 is 0 Å². The Morgan fingerprint density at radius 3 is 2.38 bits per heavy atom. The third-order valence-electron chi connectivity index (χ3n) is 4.87. The first kappa shape index (κ1) is 27.6. The number of methoxy groups -OCH3 is 2. The molecular weight excluding hydrogens is 498 g/mol. The summed E-state index contributed by atoms with van der Waals surface area (Å²) in [5.74, 6) is 0.954. The minimum Gasteiger partial charge on any atom is -0.493 e. The van der Waals surface area contributed by atoms with Crippen molar-refractivity contribution in [3.63, 3.8) is 0 Å². The lowest BCUT2D eigenvalue weighted by molar-refractivity contribution is -0.114. The quantitative estimate of drug-likeness (QED) is 0.393. The van der Waals surface area contributed by atoms with Gasteiger partial charge >= 0.3 is 0 Å². The van der Waals surface area contributed by atoms with Gasteiger partial charge in [-0.3, -0.25) is 9.69 Å². The van der Waals surface area contributed by atoms with Crippen molar-refractivity contribution in [2.45, 2.75) is 4.90 Å². The van der Waals surface area contributed by atoms with Gasteiger partial charge in [0.05, 0.1) is 29.3 Å². The number of thiazole rings is 1. The number of aromatic nitrogens is 1. The summed E-state index contributed by atoms with van der Waals surface area (Å²) in [5.41, 5.74) is 1.43. The molecule has 3 aromatic rings. The fourth-order valence-corrected chi connectivity index (χ4v) is 4.81. The monoisotopic (exact) mass is 525 g/mol. The first-order valence-corrected chi connectivity index (χ1v) is 12.8. The number of hydrogen-bond acceptors (Lipinski definition) is 8. The molecule has 0 radical (unpaired) electrons. The van der Waals surface area contributed by atoms with Crippen LogP contribution in [0.1, 0.15) is 5.56 Å². The maximum Gasteiger partial charge on any atom is 0.252 e. The third kappa shape index (κ3) is 6.69. The normalized spacial score (nSPS) is 11.6. The van der Waals surface area contributed by atoms with Crippen LogP contribution in [0.2, 0.25) is 0 Å². The molecule has 0 saturated carbocycles. The third-order valence-corrected chi connectivity index (χ3v) is 7.02. The van der Waals surface area contributed by atoms with E-state index in [2.05, 4.69) is 4.98 Å². The summed E-state index contributed by atoms with van der Waals surface area (Å²) >= 11 is 1.29. The van der Waals surface area contributed by atoms with Crippen LogP contribution in [0, 0.1) is 0 Å². The Kier molecular flexibility index (Phi) is 9.45. The predicted octanol–water partition coefficient (Wildman–Crippen LogP) is 3.75. The van der Waals surface area contributed by atoms with Crippen LogP contribution < -0.4 is 14.4 Å². The lowest BCUT2D eigenvalue weighted by Gasteiger charge is -2.20. The number of hydrogen-bond donors (Lipinski definition) is 0. The Labute approximate surface area is 210 Å². The second-order valence-electron chi connectivity index (χ2n) is 7.64.